The fourth-order valence-corrected chi connectivity index (χ4v) is 2.25. The normalized spacial score (nSPS) is 10.5. The Hall–Kier alpha value is -2.64. The number of nitrogens with one attached hydrogen (secondary N) is 1. The lowest BCUT2D eigenvalue weighted by Gasteiger charge is -2.09. The third-order valence-corrected chi connectivity index (χ3v) is 3.76. The number of nitrogens with zero attached hydrogens (tertiary/aromatic N) is 3. The number of benzene rings is 1. The van der Waals surface area contributed by atoms with Gasteiger partial charge in [-0.15, -0.1) is 0 Å². The Morgan fingerprint density at radius 1 is 1.26 bits per heavy atom. The molecule has 0 aliphatic heterocycles. The van der Waals surface area contributed by atoms with Gasteiger partial charge >= 0.3 is 0 Å². The molecule has 0 spiro atoms. The molecule has 0 radical (unpaired) electrons. The van der Waals surface area contributed by atoms with E-state index < -0.39 is 5.91 Å². The highest BCUT2D eigenvalue weighted by Crippen LogP contribution is 2.34. The Balaban J connectivity index is 1.89. The number of anilines is 2. The molecule has 0 aliphatic carbocycles. The topological polar surface area (TPSA) is 107 Å². The molecule has 0 atom stereocenters. The highest BCUT2D eigenvalue weighted by atomic mass is 35.5. The lowest BCUT2D eigenvalue weighted by molar-refractivity contribution is 0.102. The number of amides is 1. The van der Waals surface area contributed by atoms with Crippen LogP contribution in [0, 0.1) is 0 Å². The number of carbonyl (C=O) groups is 1. The van der Waals surface area contributed by atoms with E-state index in [1.165, 1.54) is 18.7 Å². The molecule has 2 heterocycles. The molecule has 9 heteroatoms. The summed E-state index contributed by atoms with van der Waals surface area (Å²) in [6.07, 6.45) is 3.87. The molecule has 23 heavy (non-hydrogen) atoms. The number of aromatic nitrogens is 3. The van der Waals surface area contributed by atoms with Crippen molar-refractivity contribution in [2.24, 2.45) is 0 Å². The number of hydrogen-bond acceptors (Lipinski definition) is 6. The Bertz CT molecular complexity index is 868. The van der Waals surface area contributed by atoms with Gasteiger partial charge in [-0.1, -0.05) is 40.5 Å². The van der Waals surface area contributed by atoms with Crippen LogP contribution in [0.3, 0.4) is 0 Å². The first kappa shape index (κ1) is 15.3. The molecular weight excluding hydrogens is 341 g/mol. The van der Waals surface area contributed by atoms with Gasteiger partial charge < -0.3 is 15.6 Å². The van der Waals surface area contributed by atoms with Gasteiger partial charge in [-0.2, -0.15) is 0 Å². The van der Waals surface area contributed by atoms with Crippen LogP contribution in [-0.4, -0.2) is 21.0 Å². The summed E-state index contributed by atoms with van der Waals surface area (Å²) in [6.45, 7) is 0. The van der Waals surface area contributed by atoms with E-state index in [2.05, 4.69) is 25.0 Å². The lowest BCUT2D eigenvalue weighted by atomic mass is 10.1. The van der Waals surface area contributed by atoms with Crippen LogP contribution in [0.1, 0.15) is 10.4 Å². The minimum Gasteiger partial charge on any atom is -0.382 e. The van der Waals surface area contributed by atoms with Crippen LogP contribution >= 0.6 is 23.2 Å². The maximum atomic E-state index is 11.9. The zero-order valence-corrected chi connectivity index (χ0v) is 13.0. The van der Waals surface area contributed by atoms with E-state index in [1.54, 1.807) is 18.2 Å². The van der Waals surface area contributed by atoms with E-state index in [9.17, 15) is 4.79 Å². The van der Waals surface area contributed by atoms with Crippen LogP contribution in [0.2, 0.25) is 10.0 Å². The standard InChI is InChI=1S/C14H9Cl2N5O2/c15-9-3-1-2-8(11(9)16)12-13(17)20-10(5-18-12)21-14(22)7-4-19-23-6-7/h1-6H,(H3,17,20,21,22). The van der Waals surface area contributed by atoms with Crippen molar-refractivity contribution in [3.63, 3.8) is 0 Å². The Morgan fingerprint density at radius 2 is 2.09 bits per heavy atom. The molecule has 3 rings (SSSR count). The molecule has 0 aliphatic rings. The molecule has 1 amide bonds. The Kier molecular flexibility index (Phi) is 4.14. The average Bonchev–Trinajstić information content (AvgIpc) is 3.05. The highest BCUT2D eigenvalue weighted by molar-refractivity contribution is 6.43. The van der Waals surface area contributed by atoms with Crippen LogP contribution in [-0.2, 0) is 0 Å². The number of halogens is 2. The second-order valence-electron chi connectivity index (χ2n) is 4.46. The van der Waals surface area contributed by atoms with E-state index >= 15 is 0 Å². The second-order valence-corrected chi connectivity index (χ2v) is 5.24. The summed E-state index contributed by atoms with van der Waals surface area (Å²) in [6, 6.07) is 5.11. The van der Waals surface area contributed by atoms with Crippen molar-refractivity contribution in [1.29, 1.82) is 0 Å². The van der Waals surface area contributed by atoms with Gasteiger partial charge in [-0.05, 0) is 6.07 Å². The van der Waals surface area contributed by atoms with Crippen molar-refractivity contribution in [2.75, 3.05) is 11.1 Å². The zero-order chi connectivity index (χ0) is 16.4. The number of nitrogen functional groups attached to an aromatic ring is 1. The third kappa shape index (κ3) is 3.10. The fourth-order valence-electron chi connectivity index (χ4n) is 1.86. The van der Waals surface area contributed by atoms with Gasteiger partial charge in [-0.3, -0.25) is 4.79 Å². The summed E-state index contributed by atoms with van der Waals surface area (Å²) < 4.78 is 4.60. The van der Waals surface area contributed by atoms with Crippen molar-refractivity contribution < 1.29 is 9.32 Å². The van der Waals surface area contributed by atoms with Crippen molar-refractivity contribution in [2.45, 2.75) is 0 Å². The number of carbonyl (C=O) groups excluding carboxylic acids is 1. The number of rotatable bonds is 3. The molecule has 1 aromatic carbocycles. The SMILES string of the molecule is Nc1nc(NC(=O)c2cnoc2)cnc1-c1cccc(Cl)c1Cl. The molecule has 2 aromatic heterocycles. The molecule has 3 aromatic rings. The maximum absolute atomic E-state index is 11.9. The van der Waals surface area contributed by atoms with Gasteiger partial charge in [0.2, 0.25) is 0 Å². The highest BCUT2D eigenvalue weighted by Gasteiger charge is 2.14. The quantitative estimate of drug-likeness (QED) is 0.751. The van der Waals surface area contributed by atoms with E-state index in [0.717, 1.165) is 0 Å². The maximum Gasteiger partial charge on any atom is 0.261 e. The zero-order valence-electron chi connectivity index (χ0n) is 11.5. The number of nitrogens with two attached hydrogens (primary N) is 1. The van der Waals surface area contributed by atoms with E-state index in [4.69, 9.17) is 28.9 Å². The fraction of sp³-hybridized carbons (Fsp3) is 0. The smallest absolute Gasteiger partial charge is 0.261 e. The van der Waals surface area contributed by atoms with Crippen LogP contribution in [0.15, 0.2) is 41.4 Å². The molecule has 0 bridgehead atoms. The summed E-state index contributed by atoms with van der Waals surface area (Å²) in [5.41, 5.74) is 7.10. The summed E-state index contributed by atoms with van der Waals surface area (Å²) >= 11 is 12.1. The van der Waals surface area contributed by atoms with Gasteiger partial charge in [-0.25, -0.2) is 9.97 Å². The summed E-state index contributed by atoms with van der Waals surface area (Å²) in [5, 5.41) is 6.70. The van der Waals surface area contributed by atoms with E-state index in [0.29, 0.717) is 21.3 Å². The molecule has 0 unspecified atom stereocenters. The predicted molar refractivity (Wildman–Crippen MR) is 86.4 cm³/mol. The first-order valence-corrected chi connectivity index (χ1v) is 7.09. The summed E-state index contributed by atoms with van der Waals surface area (Å²) in [5.74, 6) is -0.138. The Labute approximate surface area is 140 Å². The average molecular weight is 350 g/mol. The largest absolute Gasteiger partial charge is 0.382 e. The van der Waals surface area contributed by atoms with Crippen molar-refractivity contribution in [3.8, 4) is 11.3 Å². The minimum atomic E-state index is -0.437. The van der Waals surface area contributed by atoms with Crippen LogP contribution < -0.4 is 11.1 Å². The summed E-state index contributed by atoms with van der Waals surface area (Å²) in [4.78, 5) is 20.2. The van der Waals surface area contributed by atoms with Crippen LogP contribution in [0.4, 0.5) is 11.6 Å². The van der Waals surface area contributed by atoms with Gasteiger partial charge in [0.05, 0.1) is 28.0 Å². The molecule has 0 saturated heterocycles. The van der Waals surface area contributed by atoms with Crippen LogP contribution in [0.25, 0.3) is 11.3 Å². The third-order valence-electron chi connectivity index (χ3n) is 2.94. The monoisotopic (exact) mass is 349 g/mol. The predicted octanol–water partition coefficient (Wildman–Crippen LogP) is 3.27. The second kappa shape index (κ2) is 6.23. The first-order chi connectivity index (χ1) is 11.1. The van der Waals surface area contributed by atoms with Crippen molar-refractivity contribution in [3.05, 3.63) is 52.5 Å². The van der Waals surface area contributed by atoms with Gasteiger partial charge in [0.1, 0.15) is 12.0 Å². The van der Waals surface area contributed by atoms with Gasteiger partial charge in [0, 0.05) is 5.56 Å². The van der Waals surface area contributed by atoms with Gasteiger partial charge in [0.25, 0.3) is 5.91 Å². The lowest BCUT2D eigenvalue weighted by Crippen LogP contribution is -2.13. The van der Waals surface area contributed by atoms with Gasteiger partial charge in [0.15, 0.2) is 11.6 Å². The molecule has 116 valence electrons. The van der Waals surface area contributed by atoms with Crippen LogP contribution in [0.5, 0.6) is 0 Å². The van der Waals surface area contributed by atoms with E-state index in [-0.39, 0.29) is 17.2 Å². The molecule has 7 nitrogen and oxygen atoms in total. The van der Waals surface area contributed by atoms with Crippen molar-refractivity contribution >= 4 is 40.7 Å². The summed E-state index contributed by atoms with van der Waals surface area (Å²) in [7, 11) is 0. The van der Waals surface area contributed by atoms with Crippen molar-refractivity contribution in [1.82, 2.24) is 15.1 Å². The number of hydrogen-bond donors (Lipinski definition) is 2. The molecule has 0 fully saturated rings. The molecule has 3 N–H and O–H groups in total. The van der Waals surface area contributed by atoms with E-state index in [1.807, 2.05) is 0 Å². The minimum absolute atomic E-state index is 0.109. The Morgan fingerprint density at radius 3 is 2.78 bits per heavy atom. The molecular formula is C14H9Cl2N5O2. The molecule has 0 saturated carbocycles. The first-order valence-electron chi connectivity index (χ1n) is 6.34.